The smallest absolute Gasteiger partial charge is 0.225 e. The van der Waals surface area contributed by atoms with E-state index in [4.69, 9.17) is 0 Å². The van der Waals surface area contributed by atoms with Gasteiger partial charge in [0, 0.05) is 42.7 Å². The van der Waals surface area contributed by atoms with Crippen LogP contribution in [0.4, 0.5) is 10.1 Å². The van der Waals surface area contributed by atoms with Gasteiger partial charge >= 0.3 is 0 Å². The highest BCUT2D eigenvalue weighted by molar-refractivity contribution is 6.06. The molecule has 0 fully saturated rings. The summed E-state index contributed by atoms with van der Waals surface area (Å²) in [6, 6.07) is 12.9. The number of nitrogens with zero attached hydrogens (tertiary/aromatic N) is 3. The number of carbonyl (C=O) groups excluding carboxylic acids is 1. The highest BCUT2D eigenvalue weighted by Gasteiger charge is 2.28. The van der Waals surface area contributed by atoms with Gasteiger partial charge in [0.05, 0.1) is 17.4 Å². The Kier molecular flexibility index (Phi) is 4.42. The van der Waals surface area contributed by atoms with Crippen LogP contribution in [0.25, 0.3) is 10.9 Å². The van der Waals surface area contributed by atoms with E-state index < -0.39 is 0 Å². The van der Waals surface area contributed by atoms with E-state index in [1.165, 1.54) is 6.07 Å². The van der Waals surface area contributed by atoms with Crippen molar-refractivity contribution in [1.82, 2.24) is 14.3 Å². The summed E-state index contributed by atoms with van der Waals surface area (Å²) in [5.74, 6) is -0.327. The fourth-order valence-corrected chi connectivity index (χ4v) is 4.33. The van der Waals surface area contributed by atoms with E-state index in [0.29, 0.717) is 13.0 Å². The summed E-state index contributed by atoms with van der Waals surface area (Å²) in [6.45, 7) is 4.72. The lowest BCUT2D eigenvalue weighted by molar-refractivity contribution is -0.116. The van der Waals surface area contributed by atoms with E-state index in [1.54, 1.807) is 12.1 Å². The van der Waals surface area contributed by atoms with Crippen molar-refractivity contribution >= 4 is 22.5 Å². The minimum Gasteiger partial charge on any atom is -0.343 e. The van der Waals surface area contributed by atoms with E-state index in [-0.39, 0.29) is 23.7 Å². The van der Waals surface area contributed by atoms with Crippen molar-refractivity contribution in [1.29, 1.82) is 0 Å². The van der Waals surface area contributed by atoms with Gasteiger partial charge in [0.2, 0.25) is 5.91 Å². The molecule has 1 atom stereocenters. The van der Waals surface area contributed by atoms with Crippen molar-refractivity contribution < 1.29 is 9.18 Å². The summed E-state index contributed by atoms with van der Waals surface area (Å²) in [6.07, 6.45) is 6.36. The Balaban J connectivity index is 1.66. The lowest BCUT2D eigenvalue weighted by atomic mass is 9.91. The van der Waals surface area contributed by atoms with Gasteiger partial charge in [-0.3, -0.25) is 9.48 Å². The number of carbonyl (C=O) groups is 1. The van der Waals surface area contributed by atoms with Crippen LogP contribution in [0, 0.1) is 5.82 Å². The van der Waals surface area contributed by atoms with Gasteiger partial charge in [0.1, 0.15) is 5.82 Å². The number of amides is 1. The molecule has 30 heavy (non-hydrogen) atoms. The van der Waals surface area contributed by atoms with E-state index in [2.05, 4.69) is 35.0 Å². The average molecular weight is 402 g/mol. The van der Waals surface area contributed by atoms with Crippen molar-refractivity contribution in [2.75, 3.05) is 5.32 Å². The molecule has 2 aromatic heterocycles. The minimum absolute atomic E-state index is 0.00215. The lowest BCUT2D eigenvalue weighted by Crippen LogP contribution is -2.13. The topological polar surface area (TPSA) is 51.9 Å². The van der Waals surface area contributed by atoms with Gasteiger partial charge in [0.15, 0.2) is 0 Å². The van der Waals surface area contributed by atoms with Crippen LogP contribution in [0.5, 0.6) is 0 Å². The van der Waals surface area contributed by atoms with Gasteiger partial charge in [-0.05, 0) is 54.8 Å². The molecule has 1 aliphatic heterocycles. The van der Waals surface area contributed by atoms with Crippen LogP contribution in [0.15, 0.2) is 61.1 Å². The fraction of sp³-hybridized carbons (Fsp3) is 0.250. The zero-order chi connectivity index (χ0) is 20.8. The average Bonchev–Trinajstić information content (AvgIpc) is 3.29. The highest BCUT2D eigenvalue weighted by Crippen LogP contribution is 2.41. The van der Waals surface area contributed by atoms with Crippen molar-refractivity contribution in [3.8, 4) is 0 Å². The monoisotopic (exact) mass is 402 g/mol. The third-order valence-electron chi connectivity index (χ3n) is 5.77. The number of nitrogens with one attached hydrogen (secondary N) is 1. The van der Waals surface area contributed by atoms with Gasteiger partial charge in [-0.2, -0.15) is 5.10 Å². The largest absolute Gasteiger partial charge is 0.343 e. The Morgan fingerprint density at radius 3 is 2.80 bits per heavy atom. The third kappa shape index (κ3) is 3.18. The summed E-state index contributed by atoms with van der Waals surface area (Å²) < 4.78 is 17.8. The molecule has 5 rings (SSSR count). The summed E-state index contributed by atoms with van der Waals surface area (Å²) >= 11 is 0. The predicted molar refractivity (Wildman–Crippen MR) is 115 cm³/mol. The maximum atomic E-state index is 13.7. The molecule has 4 aromatic rings. The molecule has 152 valence electrons. The first-order valence-corrected chi connectivity index (χ1v) is 10.2. The Hall–Kier alpha value is -3.41. The number of halogens is 1. The van der Waals surface area contributed by atoms with Gasteiger partial charge in [-0.15, -0.1) is 0 Å². The number of hydrogen-bond acceptors (Lipinski definition) is 2. The fourth-order valence-electron chi connectivity index (χ4n) is 4.33. The first-order chi connectivity index (χ1) is 14.5. The number of benzene rings is 2. The van der Waals surface area contributed by atoms with Crippen molar-refractivity contribution in [2.45, 2.75) is 38.8 Å². The molecule has 0 radical (unpaired) electrons. The molecular formula is C24H23FN4O. The SMILES string of the molecule is CC(C)n1cc([C@@H]2CC(=O)Nc3cccc4c3c2cn4Cc2cccc(F)c2)cn1. The first kappa shape index (κ1) is 18.6. The quantitative estimate of drug-likeness (QED) is 0.518. The normalized spacial score (nSPS) is 16.1. The van der Waals surface area contributed by atoms with Gasteiger partial charge < -0.3 is 9.88 Å². The lowest BCUT2D eigenvalue weighted by Gasteiger charge is -2.12. The van der Waals surface area contributed by atoms with Crippen molar-refractivity contribution in [3.05, 3.63) is 83.6 Å². The number of anilines is 1. The van der Waals surface area contributed by atoms with Gasteiger partial charge in [-0.25, -0.2) is 4.39 Å². The zero-order valence-corrected chi connectivity index (χ0v) is 17.0. The molecule has 1 amide bonds. The Bertz CT molecular complexity index is 1250. The second-order valence-electron chi connectivity index (χ2n) is 8.19. The summed E-state index contributed by atoms with van der Waals surface area (Å²) in [5.41, 5.74) is 4.87. The standard InChI is InChI=1S/C24H23FN4O/c1-15(2)29-13-17(11-26-29)19-10-23(30)27-21-7-4-8-22-24(21)20(19)14-28(22)12-16-5-3-6-18(25)9-16/h3-9,11,13-15,19H,10,12H2,1-2H3,(H,27,30)/t19-/m0/s1. The van der Waals surface area contributed by atoms with Crippen molar-refractivity contribution in [3.63, 3.8) is 0 Å². The maximum absolute atomic E-state index is 13.7. The summed E-state index contributed by atoms with van der Waals surface area (Å²) in [7, 11) is 0. The molecule has 1 aliphatic rings. The Morgan fingerprint density at radius 1 is 1.20 bits per heavy atom. The Morgan fingerprint density at radius 2 is 2.03 bits per heavy atom. The minimum atomic E-state index is -0.239. The molecule has 0 spiro atoms. The molecule has 0 unspecified atom stereocenters. The molecule has 0 bridgehead atoms. The number of rotatable bonds is 4. The molecule has 6 heteroatoms. The molecule has 2 aromatic carbocycles. The van der Waals surface area contributed by atoms with Crippen molar-refractivity contribution in [2.24, 2.45) is 0 Å². The predicted octanol–water partition coefficient (Wildman–Crippen LogP) is 5.08. The van der Waals surface area contributed by atoms with Crippen LogP contribution in [0.3, 0.4) is 0 Å². The van der Waals surface area contributed by atoms with Gasteiger partial charge in [0.25, 0.3) is 0 Å². The number of aromatic nitrogens is 3. The molecule has 3 heterocycles. The Labute approximate surface area is 174 Å². The summed E-state index contributed by atoms with van der Waals surface area (Å²) in [5, 5.41) is 8.59. The van der Waals surface area contributed by atoms with Crippen LogP contribution >= 0.6 is 0 Å². The third-order valence-corrected chi connectivity index (χ3v) is 5.77. The molecule has 0 aliphatic carbocycles. The second-order valence-corrected chi connectivity index (χ2v) is 8.19. The highest BCUT2D eigenvalue weighted by atomic mass is 19.1. The molecule has 0 saturated heterocycles. The van der Waals surface area contributed by atoms with E-state index in [9.17, 15) is 9.18 Å². The number of hydrogen-bond donors (Lipinski definition) is 1. The van der Waals surface area contributed by atoms with Crippen LogP contribution in [0.2, 0.25) is 0 Å². The van der Waals surface area contributed by atoms with E-state index in [1.807, 2.05) is 41.3 Å². The van der Waals surface area contributed by atoms with E-state index >= 15 is 0 Å². The summed E-state index contributed by atoms with van der Waals surface area (Å²) in [4.78, 5) is 12.6. The second kappa shape index (κ2) is 7.13. The van der Waals surface area contributed by atoms with Crippen LogP contribution in [0.1, 0.15) is 48.9 Å². The van der Waals surface area contributed by atoms with E-state index in [0.717, 1.165) is 33.3 Å². The molecule has 0 saturated carbocycles. The molecule has 1 N–H and O–H groups in total. The zero-order valence-electron chi connectivity index (χ0n) is 17.0. The van der Waals surface area contributed by atoms with Gasteiger partial charge in [-0.1, -0.05) is 18.2 Å². The van der Waals surface area contributed by atoms with Crippen LogP contribution in [-0.4, -0.2) is 20.3 Å². The molecular weight excluding hydrogens is 379 g/mol. The first-order valence-electron chi connectivity index (χ1n) is 10.2. The van der Waals surface area contributed by atoms with Crippen LogP contribution < -0.4 is 5.32 Å². The maximum Gasteiger partial charge on any atom is 0.225 e. The molecule has 5 nitrogen and oxygen atoms in total. The van der Waals surface area contributed by atoms with Crippen LogP contribution in [-0.2, 0) is 11.3 Å².